The highest BCUT2D eigenvalue weighted by Crippen LogP contribution is 2.50. The summed E-state index contributed by atoms with van der Waals surface area (Å²) in [5.74, 6) is 1.00. The van der Waals surface area contributed by atoms with Crippen LogP contribution in [0, 0.1) is 5.41 Å². The highest BCUT2D eigenvalue weighted by Gasteiger charge is 2.63. The third kappa shape index (κ3) is 2.85. The molecule has 0 spiro atoms. The lowest BCUT2D eigenvalue weighted by Gasteiger charge is -2.58. The normalized spacial score (nSPS) is 29.6. The van der Waals surface area contributed by atoms with Gasteiger partial charge in [-0.15, -0.1) is 0 Å². The molecular formula is C15H30N2O2S. The zero-order valence-corrected chi connectivity index (χ0v) is 14.5. The number of nitrogens with zero attached hydrogens (tertiary/aromatic N) is 1. The second-order valence-electron chi connectivity index (χ2n) is 6.27. The van der Waals surface area contributed by atoms with Crippen LogP contribution in [0.1, 0.15) is 40.5 Å². The lowest BCUT2D eigenvalue weighted by Crippen LogP contribution is -2.76. The van der Waals surface area contributed by atoms with Crippen molar-refractivity contribution in [2.45, 2.75) is 58.2 Å². The first-order chi connectivity index (χ1) is 9.26. The van der Waals surface area contributed by atoms with Crippen LogP contribution in [0.15, 0.2) is 0 Å². The molecule has 0 aliphatic heterocycles. The van der Waals surface area contributed by atoms with E-state index >= 15 is 0 Å². The number of rotatable bonds is 7. The van der Waals surface area contributed by atoms with Gasteiger partial charge >= 0.3 is 0 Å². The molecule has 1 aliphatic rings. The van der Waals surface area contributed by atoms with Crippen LogP contribution in [0.2, 0.25) is 0 Å². The molecule has 1 aliphatic carbocycles. The van der Waals surface area contributed by atoms with Gasteiger partial charge in [0.05, 0.1) is 6.10 Å². The van der Waals surface area contributed by atoms with E-state index in [1.165, 1.54) is 0 Å². The number of thioether (sulfide) groups is 1. The van der Waals surface area contributed by atoms with Gasteiger partial charge in [-0.25, -0.2) is 0 Å². The van der Waals surface area contributed by atoms with Crippen molar-refractivity contribution in [2.75, 3.05) is 25.7 Å². The largest absolute Gasteiger partial charge is 0.378 e. The van der Waals surface area contributed by atoms with Crippen LogP contribution >= 0.6 is 11.8 Å². The van der Waals surface area contributed by atoms with Crippen LogP contribution in [-0.4, -0.2) is 54.2 Å². The molecule has 2 N–H and O–H groups in total. The lowest BCUT2D eigenvalue weighted by molar-refractivity contribution is -0.179. The second-order valence-corrected chi connectivity index (χ2v) is 7.19. The van der Waals surface area contributed by atoms with Gasteiger partial charge in [-0.05, 0) is 19.6 Å². The molecule has 118 valence electrons. The van der Waals surface area contributed by atoms with Crippen molar-refractivity contribution in [1.29, 1.82) is 0 Å². The average molecular weight is 302 g/mol. The van der Waals surface area contributed by atoms with Crippen molar-refractivity contribution in [2.24, 2.45) is 11.1 Å². The van der Waals surface area contributed by atoms with Gasteiger partial charge in [0, 0.05) is 37.3 Å². The van der Waals surface area contributed by atoms with Crippen LogP contribution in [0.4, 0.5) is 0 Å². The monoisotopic (exact) mass is 302 g/mol. The Bertz CT molecular complexity index is 349. The first-order valence-electron chi connectivity index (χ1n) is 7.42. The van der Waals surface area contributed by atoms with Gasteiger partial charge in [-0.3, -0.25) is 4.79 Å². The molecule has 0 aromatic carbocycles. The van der Waals surface area contributed by atoms with Crippen LogP contribution in [0.3, 0.4) is 0 Å². The van der Waals surface area contributed by atoms with Gasteiger partial charge in [-0.2, -0.15) is 11.8 Å². The maximum Gasteiger partial charge on any atom is 0.243 e. The Morgan fingerprint density at radius 3 is 2.50 bits per heavy atom. The van der Waals surface area contributed by atoms with Crippen molar-refractivity contribution in [3.05, 3.63) is 0 Å². The fourth-order valence-corrected chi connectivity index (χ4v) is 3.82. The molecule has 0 heterocycles. The van der Waals surface area contributed by atoms with E-state index in [1.54, 1.807) is 11.8 Å². The first-order valence-corrected chi connectivity index (χ1v) is 8.82. The molecule has 1 amide bonds. The maximum absolute atomic E-state index is 12.8. The Hall–Kier alpha value is -0.260. The molecule has 5 heteroatoms. The third-order valence-corrected chi connectivity index (χ3v) is 5.63. The van der Waals surface area contributed by atoms with Crippen molar-refractivity contribution in [3.63, 3.8) is 0 Å². The number of amides is 1. The third-order valence-electron chi connectivity index (χ3n) is 4.91. The smallest absolute Gasteiger partial charge is 0.243 e. The van der Waals surface area contributed by atoms with Crippen molar-refractivity contribution in [1.82, 2.24) is 4.90 Å². The van der Waals surface area contributed by atoms with Crippen LogP contribution in [0.5, 0.6) is 0 Å². The Labute approximate surface area is 127 Å². The fourth-order valence-electron chi connectivity index (χ4n) is 2.97. The molecule has 3 unspecified atom stereocenters. The zero-order chi connectivity index (χ0) is 15.6. The number of nitrogens with two attached hydrogens (primary N) is 1. The molecule has 0 bridgehead atoms. The van der Waals surface area contributed by atoms with Crippen molar-refractivity contribution < 1.29 is 9.53 Å². The topological polar surface area (TPSA) is 55.6 Å². The summed E-state index contributed by atoms with van der Waals surface area (Å²) in [6.07, 6.45) is 3.72. The number of carbonyl (C=O) groups is 1. The van der Waals surface area contributed by atoms with Crippen LogP contribution in [0.25, 0.3) is 0 Å². The zero-order valence-electron chi connectivity index (χ0n) is 13.7. The van der Waals surface area contributed by atoms with E-state index in [1.807, 2.05) is 32.7 Å². The Balaban J connectivity index is 2.81. The number of hydrogen-bond acceptors (Lipinski definition) is 4. The van der Waals surface area contributed by atoms with Crippen LogP contribution in [-0.2, 0) is 9.53 Å². The van der Waals surface area contributed by atoms with Gasteiger partial charge in [0.2, 0.25) is 5.91 Å². The maximum atomic E-state index is 12.8. The van der Waals surface area contributed by atoms with E-state index in [-0.39, 0.29) is 23.5 Å². The predicted octanol–water partition coefficient (Wildman–Crippen LogP) is 2.12. The summed E-state index contributed by atoms with van der Waals surface area (Å²) < 4.78 is 5.70. The van der Waals surface area contributed by atoms with Gasteiger partial charge in [0.15, 0.2) is 0 Å². The quantitative estimate of drug-likeness (QED) is 0.782. The van der Waals surface area contributed by atoms with E-state index in [0.717, 1.165) is 12.2 Å². The van der Waals surface area contributed by atoms with E-state index in [0.29, 0.717) is 13.0 Å². The summed E-state index contributed by atoms with van der Waals surface area (Å²) in [6, 6.07) is 0.250. The molecule has 3 atom stereocenters. The summed E-state index contributed by atoms with van der Waals surface area (Å²) >= 11 is 1.77. The van der Waals surface area contributed by atoms with Gasteiger partial charge in [0.25, 0.3) is 0 Å². The van der Waals surface area contributed by atoms with Gasteiger partial charge in [0.1, 0.15) is 5.54 Å². The minimum absolute atomic E-state index is 0.0550. The van der Waals surface area contributed by atoms with Crippen molar-refractivity contribution >= 4 is 17.7 Å². The standard InChI is InChI=1S/C15H30N2O2S/c1-7-11(10-20-6)17(5)13(18)15(16)9-12(19-8-2)14(15,3)4/h11-12H,7-10,16H2,1-6H3. The van der Waals surface area contributed by atoms with E-state index in [4.69, 9.17) is 10.5 Å². The van der Waals surface area contributed by atoms with E-state index < -0.39 is 5.54 Å². The minimum atomic E-state index is -0.798. The van der Waals surface area contributed by atoms with Gasteiger partial charge < -0.3 is 15.4 Å². The Kier molecular flexibility index (Phi) is 5.93. The molecule has 1 fully saturated rings. The molecule has 4 nitrogen and oxygen atoms in total. The summed E-state index contributed by atoms with van der Waals surface area (Å²) in [5, 5.41) is 0. The molecule has 20 heavy (non-hydrogen) atoms. The number of carbonyl (C=O) groups excluding carboxylic acids is 1. The molecule has 1 saturated carbocycles. The van der Waals surface area contributed by atoms with E-state index in [9.17, 15) is 4.79 Å². The first kappa shape index (κ1) is 17.8. The summed E-state index contributed by atoms with van der Waals surface area (Å²) in [4.78, 5) is 14.7. The average Bonchev–Trinajstić information content (AvgIpc) is 2.42. The van der Waals surface area contributed by atoms with E-state index in [2.05, 4.69) is 13.2 Å². The van der Waals surface area contributed by atoms with Gasteiger partial charge in [-0.1, -0.05) is 20.8 Å². The molecule has 0 radical (unpaired) electrons. The van der Waals surface area contributed by atoms with Crippen LogP contribution < -0.4 is 5.73 Å². The number of ether oxygens (including phenoxy) is 1. The minimum Gasteiger partial charge on any atom is -0.378 e. The second kappa shape index (κ2) is 6.67. The fraction of sp³-hybridized carbons (Fsp3) is 0.933. The molecule has 1 rings (SSSR count). The molecule has 0 saturated heterocycles. The lowest BCUT2D eigenvalue weighted by atomic mass is 9.54. The highest BCUT2D eigenvalue weighted by atomic mass is 32.2. The Morgan fingerprint density at radius 2 is 2.10 bits per heavy atom. The Morgan fingerprint density at radius 1 is 1.50 bits per heavy atom. The highest BCUT2D eigenvalue weighted by molar-refractivity contribution is 7.98. The summed E-state index contributed by atoms with van der Waals surface area (Å²) in [5.41, 5.74) is 5.34. The molecule has 0 aromatic rings. The number of hydrogen-bond donors (Lipinski definition) is 1. The van der Waals surface area contributed by atoms with Crippen molar-refractivity contribution in [3.8, 4) is 0 Å². The number of likely N-dealkylation sites (N-methyl/N-ethyl adjacent to an activating group) is 1. The molecule has 0 aromatic heterocycles. The summed E-state index contributed by atoms with van der Waals surface area (Å²) in [6.45, 7) is 8.84. The SMILES string of the molecule is CCOC1CC(N)(C(=O)N(C)C(CC)CSC)C1(C)C. The molecular weight excluding hydrogens is 272 g/mol. The summed E-state index contributed by atoms with van der Waals surface area (Å²) in [7, 11) is 1.88. The predicted molar refractivity (Wildman–Crippen MR) is 86.0 cm³/mol.